The lowest BCUT2D eigenvalue weighted by Crippen LogP contribution is -2.39. The molecule has 2 aromatic rings. The minimum absolute atomic E-state index is 0.0502. The van der Waals surface area contributed by atoms with Crippen LogP contribution < -0.4 is 0 Å². The number of nitrogens with zero attached hydrogens (tertiary/aromatic N) is 2. The molecule has 1 aliphatic rings. The molecule has 1 unspecified atom stereocenters. The minimum Gasteiger partial charge on any atom is -0.302 e. The number of aromatic nitrogens is 1. The molecule has 1 aliphatic heterocycles. The highest BCUT2D eigenvalue weighted by molar-refractivity contribution is 5.81. The maximum atomic E-state index is 13.7. The molecule has 1 saturated heterocycles. The number of rotatable bonds is 3. The van der Waals surface area contributed by atoms with Crippen LogP contribution in [-0.2, 0) is 11.3 Å². The van der Waals surface area contributed by atoms with Crippen molar-refractivity contribution in [2.75, 3.05) is 6.54 Å². The van der Waals surface area contributed by atoms with Crippen LogP contribution in [0.25, 0.3) is 10.9 Å². The summed E-state index contributed by atoms with van der Waals surface area (Å²) in [6.45, 7) is 1.46. The maximum absolute atomic E-state index is 13.7. The minimum atomic E-state index is -0.250. The zero-order valence-corrected chi connectivity index (χ0v) is 11.3. The lowest BCUT2D eigenvalue weighted by molar-refractivity contribution is -0.113. The Balaban J connectivity index is 1.95. The number of carbonyl (C=O) groups excluding carboxylic acids is 1. The van der Waals surface area contributed by atoms with Crippen molar-refractivity contribution in [1.29, 1.82) is 0 Å². The van der Waals surface area contributed by atoms with Crippen molar-refractivity contribution in [2.45, 2.75) is 31.8 Å². The largest absolute Gasteiger partial charge is 0.302 e. The Bertz CT molecular complexity index is 629. The molecule has 1 fully saturated rings. The van der Waals surface area contributed by atoms with Crippen molar-refractivity contribution in [1.82, 2.24) is 9.88 Å². The second-order valence-electron chi connectivity index (χ2n) is 5.31. The van der Waals surface area contributed by atoms with Crippen LogP contribution in [-0.4, -0.2) is 28.8 Å². The monoisotopic (exact) mass is 272 g/mol. The molecule has 4 heteroatoms. The Morgan fingerprint density at radius 2 is 2.30 bits per heavy atom. The van der Waals surface area contributed by atoms with Gasteiger partial charge in [-0.2, -0.15) is 0 Å². The first-order valence-electron chi connectivity index (χ1n) is 7.00. The SMILES string of the molecule is O=CC1CCCCN1Cc1cc(F)cc2cccnc12. The summed E-state index contributed by atoms with van der Waals surface area (Å²) in [5.41, 5.74) is 1.68. The molecule has 3 nitrogen and oxygen atoms in total. The van der Waals surface area contributed by atoms with Gasteiger partial charge in [0, 0.05) is 18.1 Å². The quantitative estimate of drug-likeness (QED) is 0.805. The summed E-state index contributed by atoms with van der Waals surface area (Å²) >= 11 is 0. The third-order valence-electron chi connectivity index (χ3n) is 3.94. The Kier molecular flexibility index (Phi) is 3.74. The Morgan fingerprint density at radius 1 is 1.40 bits per heavy atom. The van der Waals surface area contributed by atoms with Gasteiger partial charge in [0.15, 0.2) is 0 Å². The summed E-state index contributed by atoms with van der Waals surface area (Å²) in [4.78, 5) is 17.6. The second kappa shape index (κ2) is 5.67. The Hall–Kier alpha value is -1.81. The van der Waals surface area contributed by atoms with Crippen molar-refractivity contribution in [3.05, 3.63) is 41.8 Å². The molecule has 0 amide bonds. The number of aldehydes is 1. The zero-order valence-electron chi connectivity index (χ0n) is 11.3. The van der Waals surface area contributed by atoms with Crippen LogP contribution in [0.15, 0.2) is 30.5 Å². The van der Waals surface area contributed by atoms with Gasteiger partial charge in [-0.3, -0.25) is 9.88 Å². The highest BCUT2D eigenvalue weighted by atomic mass is 19.1. The molecule has 0 N–H and O–H groups in total. The van der Waals surface area contributed by atoms with Gasteiger partial charge in [-0.1, -0.05) is 12.5 Å². The van der Waals surface area contributed by atoms with Gasteiger partial charge in [-0.05, 0) is 43.1 Å². The zero-order chi connectivity index (χ0) is 13.9. The Labute approximate surface area is 117 Å². The summed E-state index contributed by atoms with van der Waals surface area (Å²) in [5.74, 6) is -0.250. The van der Waals surface area contributed by atoms with E-state index in [9.17, 15) is 9.18 Å². The highest BCUT2D eigenvalue weighted by Crippen LogP contribution is 2.23. The summed E-state index contributed by atoms with van der Waals surface area (Å²) < 4.78 is 13.7. The van der Waals surface area contributed by atoms with E-state index in [2.05, 4.69) is 9.88 Å². The molecule has 0 saturated carbocycles. The Morgan fingerprint density at radius 3 is 3.15 bits per heavy atom. The number of halogens is 1. The average molecular weight is 272 g/mol. The third-order valence-corrected chi connectivity index (χ3v) is 3.94. The first-order valence-corrected chi connectivity index (χ1v) is 7.00. The van der Waals surface area contributed by atoms with Crippen molar-refractivity contribution in [3.8, 4) is 0 Å². The van der Waals surface area contributed by atoms with Crippen LogP contribution >= 0.6 is 0 Å². The first-order chi connectivity index (χ1) is 9.78. The molecule has 1 aromatic carbocycles. The van der Waals surface area contributed by atoms with Gasteiger partial charge >= 0.3 is 0 Å². The van der Waals surface area contributed by atoms with Gasteiger partial charge < -0.3 is 4.79 Å². The van der Waals surface area contributed by atoms with Crippen molar-refractivity contribution in [3.63, 3.8) is 0 Å². The summed E-state index contributed by atoms with van der Waals surface area (Å²) in [5, 5.41) is 0.808. The predicted octanol–water partition coefficient (Wildman–Crippen LogP) is 2.93. The van der Waals surface area contributed by atoms with Crippen LogP contribution in [0, 0.1) is 5.82 Å². The third kappa shape index (κ3) is 2.56. The molecule has 3 rings (SSSR count). The number of fused-ring (bicyclic) bond motifs is 1. The molecular weight excluding hydrogens is 255 g/mol. The van der Waals surface area contributed by atoms with Gasteiger partial charge in [0.25, 0.3) is 0 Å². The smallest absolute Gasteiger partial charge is 0.137 e. The van der Waals surface area contributed by atoms with E-state index in [1.165, 1.54) is 12.1 Å². The standard InChI is InChI=1S/C16H17FN2O/c17-14-8-12-4-3-6-18-16(12)13(9-14)10-19-7-2-1-5-15(19)11-20/h3-4,6,8-9,11,15H,1-2,5,7,10H2. The molecule has 2 heterocycles. The molecule has 0 bridgehead atoms. The van der Waals surface area contributed by atoms with Crippen LogP contribution in [0.1, 0.15) is 24.8 Å². The van der Waals surface area contributed by atoms with Crippen molar-refractivity contribution >= 4 is 17.2 Å². The number of carbonyl (C=O) groups is 1. The highest BCUT2D eigenvalue weighted by Gasteiger charge is 2.22. The van der Waals surface area contributed by atoms with Crippen LogP contribution in [0.2, 0.25) is 0 Å². The van der Waals surface area contributed by atoms with E-state index in [0.717, 1.165) is 48.6 Å². The molecule has 1 aromatic heterocycles. The maximum Gasteiger partial charge on any atom is 0.137 e. The van der Waals surface area contributed by atoms with Gasteiger partial charge in [-0.25, -0.2) is 4.39 Å². The fourth-order valence-corrected chi connectivity index (χ4v) is 2.93. The van der Waals surface area contributed by atoms with E-state index in [1.807, 2.05) is 6.07 Å². The molecular formula is C16H17FN2O. The molecule has 0 radical (unpaired) electrons. The van der Waals surface area contributed by atoms with Crippen LogP contribution in [0.3, 0.4) is 0 Å². The number of likely N-dealkylation sites (tertiary alicyclic amines) is 1. The number of pyridine rings is 1. The average Bonchev–Trinajstić information content (AvgIpc) is 2.47. The van der Waals surface area contributed by atoms with E-state index < -0.39 is 0 Å². The number of piperidine rings is 1. The number of benzene rings is 1. The summed E-state index contributed by atoms with van der Waals surface area (Å²) in [6.07, 6.45) is 5.79. The molecule has 0 spiro atoms. The van der Waals surface area contributed by atoms with Gasteiger partial charge in [0.2, 0.25) is 0 Å². The van der Waals surface area contributed by atoms with E-state index >= 15 is 0 Å². The second-order valence-corrected chi connectivity index (χ2v) is 5.31. The lowest BCUT2D eigenvalue weighted by atomic mass is 10.0. The predicted molar refractivity (Wildman–Crippen MR) is 75.8 cm³/mol. The van der Waals surface area contributed by atoms with Crippen LogP contribution in [0.5, 0.6) is 0 Å². The number of hydrogen-bond donors (Lipinski definition) is 0. The van der Waals surface area contributed by atoms with Crippen LogP contribution in [0.4, 0.5) is 4.39 Å². The van der Waals surface area contributed by atoms with E-state index in [4.69, 9.17) is 0 Å². The molecule has 20 heavy (non-hydrogen) atoms. The number of hydrogen-bond acceptors (Lipinski definition) is 3. The first kappa shape index (κ1) is 13.2. The summed E-state index contributed by atoms with van der Waals surface area (Å²) in [6, 6.07) is 6.65. The normalized spacial score (nSPS) is 20.1. The van der Waals surface area contributed by atoms with E-state index in [0.29, 0.717) is 6.54 Å². The van der Waals surface area contributed by atoms with E-state index in [-0.39, 0.29) is 11.9 Å². The van der Waals surface area contributed by atoms with Gasteiger partial charge in [0.05, 0.1) is 11.6 Å². The van der Waals surface area contributed by atoms with E-state index in [1.54, 1.807) is 12.3 Å². The summed E-state index contributed by atoms with van der Waals surface area (Å²) in [7, 11) is 0. The van der Waals surface area contributed by atoms with Gasteiger partial charge in [-0.15, -0.1) is 0 Å². The topological polar surface area (TPSA) is 33.2 Å². The molecule has 1 atom stereocenters. The fourth-order valence-electron chi connectivity index (χ4n) is 2.93. The van der Waals surface area contributed by atoms with Gasteiger partial charge in [0.1, 0.15) is 12.1 Å². The molecule has 104 valence electrons. The lowest BCUT2D eigenvalue weighted by Gasteiger charge is -2.32. The molecule has 0 aliphatic carbocycles. The van der Waals surface area contributed by atoms with Crippen molar-refractivity contribution < 1.29 is 9.18 Å². The van der Waals surface area contributed by atoms with Crippen molar-refractivity contribution in [2.24, 2.45) is 0 Å². The fraction of sp³-hybridized carbons (Fsp3) is 0.375.